The van der Waals surface area contributed by atoms with Gasteiger partial charge in [-0.2, -0.15) is 0 Å². The van der Waals surface area contributed by atoms with Gasteiger partial charge in [0.1, 0.15) is 12.4 Å². The number of H-pyrrole nitrogens is 1. The average molecular weight is 434 g/mol. The van der Waals surface area contributed by atoms with Gasteiger partial charge >= 0.3 is 0 Å². The molecule has 4 aromatic rings. The molecule has 4 nitrogen and oxygen atoms in total. The van der Waals surface area contributed by atoms with Gasteiger partial charge in [0.2, 0.25) is 0 Å². The third kappa shape index (κ3) is 5.16. The summed E-state index contributed by atoms with van der Waals surface area (Å²) < 4.78 is 6.08. The van der Waals surface area contributed by atoms with Crippen LogP contribution in [0.3, 0.4) is 0 Å². The van der Waals surface area contributed by atoms with Crippen molar-refractivity contribution in [1.29, 1.82) is 0 Å². The number of Topliss-reactive ketones (excluding diaryl/α,β-unsaturated/α-hetero) is 1. The van der Waals surface area contributed by atoms with Crippen molar-refractivity contribution in [2.24, 2.45) is 0 Å². The van der Waals surface area contributed by atoms with Crippen LogP contribution in [0.15, 0.2) is 72.8 Å². The second-order valence-electron chi connectivity index (χ2n) is 7.50. The molecular formula is C26H24ClNO3. The van der Waals surface area contributed by atoms with Crippen LogP contribution in [0.1, 0.15) is 28.8 Å². The zero-order valence-electron chi connectivity index (χ0n) is 17.1. The molecular weight excluding hydrogens is 410 g/mol. The Morgan fingerprint density at radius 1 is 0.968 bits per heavy atom. The van der Waals surface area contributed by atoms with E-state index in [0.29, 0.717) is 17.2 Å². The quantitative estimate of drug-likeness (QED) is 0.249. The lowest BCUT2D eigenvalue weighted by molar-refractivity contribution is 0.0904. The molecule has 0 atom stereocenters. The smallest absolute Gasteiger partial charge is 0.188 e. The van der Waals surface area contributed by atoms with Crippen molar-refractivity contribution < 1.29 is 14.6 Å². The lowest BCUT2D eigenvalue weighted by atomic mass is 10.1. The molecule has 0 aliphatic rings. The normalized spacial score (nSPS) is 11.0. The number of halogens is 1. The number of unbranched alkanes of at least 4 members (excludes halogenated alkanes) is 1. The zero-order valence-corrected chi connectivity index (χ0v) is 17.9. The molecule has 0 aliphatic heterocycles. The molecule has 0 bridgehead atoms. The van der Waals surface area contributed by atoms with E-state index in [1.807, 2.05) is 30.3 Å². The third-order valence-electron chi connectivity index (χ3n) is 5.26. The van der Waals surface area contributed by atoms with Gasteiger partial charge < -0.3 is 14.8 Å². The number of fused-ring (bicyclic) bond motifs is 1. The molecule has 0 amide bonds. The molecule has 4 rings (SSSR count). The Morgan fingerprint density at radius 3 is 2.61 bits per heavy atom. The molecule has 0 saturated heterocycles. The molecule has 0 unspecified atom stereocenters. The predicted molar refractivity (Wildman–Crippen MR) is 125 cm³/mol. The number of hydrogen-bond acceptors (Lipinski definition) is 3. The fourth-order valence-electron chi connectivity index (χ4n) is 3.66. The van der Waals surface area contributed by atoms with Gasteiger partial charge in [-0.05, 0) is 61.2 Å². The number of benzene rings is 3. The minimum absolute atomic E-state index is 0.362. The van der Waals surface area contributed by atoms with E-state index in [0.717, 1.165) is 47.2 Å². The summed E-state index contributed by atoms with van der Waals surface area (Å²) in [7, 11) is 0. The van der Waals surface area contributed by atoms with Crippen LogP contribution in [0.2, 0.25) is 5.02 Å². The summed E-state index contributed by atoms with van der Waals surface area (Å²) in [6.45, 7) is 0.105. The maximum absolute atomic E-state index is 11.9. The van der Waals surface area contributed by atoms with Crippen LogP contribution >= 0.6 is 11.6 Å². The summed E-state index contributed by atoms with van der Waals surface area (Å²) in [4.78, 5) is 15.3. The van der Waals surface area contributed by atoms with Crippen molar-refractivity contribution in [3.05, 3.63) is 88.9 Å². The minimum atomic E-state index is -0.547. The molecule has 158 valence electrons. The second kappa shape index (κ2) is 9.82. The topological polar surface area (TPSA) is 62.3 Å². The van der Waals surface area contributed by atoms with Crippen LogP contribution in [-0.2, 0) is 6.42 Å². The Hall–Kier alpha value is -3.08. The first-order valence-corrected chi connectivity index (χ1v) is 10.8. The first-order chi connectivity index (χ1) is 15.1. The van der Waals surface area contributed by atoms with Crippen LogP contribution in [0.4, 0.5) is 0 Å². The van der Waals surface area contributed by atoms with Gasteiger partial charge in [-0.15, -0.1) is 0 Å². The molecule has 0 fully saturated rings. The van der Waals surface area contributed by atoms with Gasteiger partial charge in [0.15, 0.2) is 5.78 Å². The summed E-state index contributed by atoms with van der Waals surface area (Å²) in [5.74, 6) is 0.466. The molecule has 1 aromatic heterocycles. The fourth-order valence-corrected chi connectivity index (χ4v) is 3.90. The molecule has 0 spiro atoms. The van der Waals surface area contributed by atoms with E-state index in [1.54, 1.807) is 18.2 Å². The van der Waals surface area contributed by atoms with Crippen molar-refractivity contribution in [3.8, 4) is 17.0 Å². The van der Waals surface area contributed by atoms with Crippen molar-refractivity contribution in [2.75, 3.05) is 13.2 Å². The highest BCUT2D eigenvalue weighted by atomic mass is 35.5. The molecule has 31 heavy (non-hydrogen) atoms. The van der Waals surface area contributed by atoms with Gasteiger partial charge in [-0.25, -0.2) is 0 Å². The van der Waals surface area contributed by atoms with Crippen molar-refractivity contribution in [2.45, 2.75) is 19.3 Å². The second-order valence-corrected chi connectivity index (χ2v) is 7.94. The highest BCUT2D eigenvalue weighted by Crippen LogP contribution is 2.32. The van der Waals surface area contributed by atoms with Crippen molar-refractivity contribution in [3.63, 3.8) is 0 Å². The maximum atomic E-state index is 11.9. The average Bonchev–Trinajstić information content (AvgIpc) is 3.24. The van der Waals surface area contributed by atoms with E-state index in [1.165, 1.54) is 5.56 Å². The molecule has 0 saturated carbocycles. The summed E-state index contributed by atoms with van der Waals surface area (Å²) >= 11 is 6.20. The van der Waals surface area contributed by atoms with Crippen LogP contribution in [0.25, 0.3) is 22.2 Å². The number of rotatable bonds is 9. The number of aromatic nitrogens is 1. The summed E-state index contributed by atoms with van der Waals surface area (Å²) in [6, 6.07) is 23.5. The molecule has 0 radical (unpaired) electrons. The first kappa shape index (κ1) is 21.2. The maximum Gasteiger partial charge on any atom is 0.188 e. The van der Waals surface area contributed by atoms with Crippen LogP contribution in [0, 0.1) is 0 Å². The third-order valence-corrected chi connectivity index (χ3v) is 5.48. The number of carbonyl (C=O) groups excluding carboxylic acids is 1. The molecule has 2 N–H and O–H groups in total. The number of aromatic amines is 1. The number of ketones is 1. The van der Waals surface area contributed by atoms with E-state index in [9.17, 15) is 4.79 Å². The van der Waals surface area contributed by atoms with E-state index in [-0.39, 0.29) is 5.78 Å². The zero-order chi connectivity index (χ0) is 21.6. The van der Waals surface area contributed by atoms with E-state index in [4.69, 9.17) is 21.4 Å². The number of aliphatic hydroxyl groups is 1. The Labute approximate surface area is 186 Å². The monoisotopic (exact) mass is 433 g/mol. The van der Waals surface area contributed by atoms with Crippen molar-refractivity contribution in [1.82, 2.24) is 4.98 Å². The number of aliphatic hydroxyl groups excluding tert-OH is 1. The predicted octanol–water partition coefficient (Wildman–Crippen LogP) is 6.07. The Morgan fingerprint density at radius 2 is 1.81 bits per heavy atom. The fraction of sp³-hybridized carbons (Fsp3) is 0.192. The van der Waals surface area contributed by atoms with E-state index >= 15 is 0 Å². The van der Waals surface area contributed by atoms with Crippen LogP contribution < -0.4 is 4.74 Å². The largest absolute Gasteiger partial charge is 0.493 e. The minimum Gasteiger partial charge on any atom is -0.493 e. The van der Waals surface area contributed by atoms with Gasteiger partial charge in [0, 0.05) is 32.7 Å². The molecule has 1 heterocycles. The lowest BCUT2D eigenvalue weighted by Gasteiger charge is -2.07. The molecule has 3 aromatic carbocycles. The number of hydrogen-bond donors (Lipinski definition) is 2. The first-order valence-electron chi connectivity index (χ1n) is 10.4. The SMILES string of the molecule is O=C(CO)c1cc(Cl)cc(-c2cc3c(OCCCCc4ccccc4)cccc3[nH]2)c1. The van der Waals surface area contributed by atoms with Gasteiger partial charge in [-0.1, -0.05) is 48.0 Å². The van der Waals surface area contributed by atoms with Crippen LogP contribution in [-0.4, -0.2) is 29.1 Å². The van der Waals surface area contributed by atoms with Gasteiger partial charge in [0.05, 0.1) is 6.61 Å². The van der Waals surface area contributed by atoms with Gasteiger partial charge in [-0.3, -0.25) is 4.79 Å². The highest BCUT2D eigenvalue weighted by Gasteiger charge is 2.12. The molecule has 5 heteroatoms. The number of ether oxygens (including phenoxy) is 1. The van der Waals surface area contributed by atoms with Crippen LogP contribution in [0.5, 0.6) is 5.75 Å². The highest BCUT2D eigenvalue weighted by molar-refractivity contribution is 6.31. The van der Waals surface area contributed by atoms with Crippen molar-refractivity contribution >= 4 is 28.3 Å². The standard InChI is InChI=1S/C26H24ClNO3/c27-21-14-19(13-20(15-21)25(30)17-29)24-16-22-23(28-24)10-6-11-26(22)31-12-5-4-9-18-7-2-1-3-8-18/h1-3,6-8,10-11,13-16,28-29H,4-5,9,12,17H2. The summed E-state index contributed by atoms with van der Waals surface area (Å²) in [6.07, 6.45) is 3.10. The van der Waals surface area contributed by atoms with E-state index in [2.05, 4.69) is 29.2 Å². The number of aryl methyl sites for hydroxylation is 1. The number of nitrogens with one attached hydrogen (secondary N) is 1. The Balaban J connectivity index is 1.47. The lowest BCUT2D eigenvalue weighted by Crippen LogP contribution is -2.04. The van der Waals surface area contributed by atoms with E-state index < -0.39 is 6.61 Å². The molecule has 0 aliphatic carbocycles. The Kier molecular flexibility index (Phi) is 6.70. The Bertz CT molecular complexity index is 1180. The summed E-state index contributed by atoms with van der Waals surface area (Å²) in [5, 5.41) is 10.6. The number of carbonyl (C=O) groups is 1. The summed E-state index contributed by atoms with van der Waals surface area (Å²) in [5.41, 5.74) is 4.31. The van der Waals surface area contributed by atoms with Gasteiger partial charge in [0.25, 0.3) is 0 Å².